The van der Waals surface area contributed by atoms with Gasteiger partial charge in [0.15, 0.2) is 11.5 Å². The number of hydrogen-bond acceptors (Lipinski definition) is 6. The Morgan fingerprint density at radius 3 is 2.76 bits per heavy atom. The second-order valence-corrected chi connectivity index (χ2v) is 9.03. The molecular formula is C24H26ClFN2O4S. The molecule has 1 aromatic heterocycles. The van der Waals surface area contributed by atoms with Gasteiger partial charge in [-0.05, 0) is 42.8 Å². The molecule has 0 bridgehead atoms. The molecule has 9 heteroatoms. The Morgan fingerprint density at radius 2 is 2.03 bits per heavy atom. The first-order valence-corrected chi connectivity index (χ1v) is 12.0. The number of methoxy groups -OCH3 is 1. The van der Waals surface area contributed by atoms with E-state index >= 15 is 0 Å². The Bertz CT molecular complexity index is 1130. The lowest BCUT2D eigenvalue weighted by molar-refractivity contribution is 0.0162. The van der Waals surface area contributed by atoms with E-state index in [0.717, 1.165) is 18.7 Å². The molecule has 1 aliphatic rings. The maximum atomic E-state index is 13.6. The molecule has 176 valence electrons. The average Bonchev–Trinajstić information content (AvgIpc) is 3.16. The normalized spacial score (nSPS) is 15.4. The summed E-state index contributed by atoms with van der Waals surface area (Å²) in [6.45, 7) is 5.59. The number of benzene rings is 2. The SMILES string of the molecule is CCOc1ccc(C(CNC(=O)c2sc3cc(F)ccc3c2Cl)N2CCOCC2)cc1OC. The van der Waals surface area contributed by atoms with E-state index in [1.165, 1.54) is 23.5 Å². The van der Waals surface area contributed by atoms with Gasteiger partial charge in [-0.1, -0.05) is 17.7 Å². The Morgan fingerprint density at radius 1 is 1.24 bits per heavy atom. The monoisotopic (exact) mass is 492 g/mol. The van der Waals surface area contributed by atoms with E-state index in [9.17, 15) is 9.18 Å². The van der Waals surface area contributed by atoms with E-state index in [4.69, 9.17) is 25.8 Å². The number of halogens is 2. The summed E-state index contributed by atoms with van der Waals surface area (Å²) in [5.41, 5.74) is 1.00. The molecule has 2 aromatic carbocycles. The predicted octanol–water partition coefficient (Wildman–Crippen LogP) is 4.90. The minimum atomic E-state index is -0.357. The van der Waals surface area contributed by atoms with Crippen LogP contribution in [0.25, 0.3) is 10.1 Å². The van der Waals surface area contributed by atoms with Crippen LogP contribution in [0.5, 0.6) is 11.5 Å². The van der Waals surface area contributed by atoms with Crippen molar-refractivity contribution in [3.63, 3.8) is 0 Å². The van der Waals surface area contributed by atoms with Gasteiger partial charge in [0.1, 0.15) is 10.7 Å². The van der Waals surface area contributed by atoms with Crippen LogP contribution >= 0.6 is 22.9 Å². The second kappa shape index (κ2) is 10.7. The Labute approximate surface area is 201 Å². The summed E-state index contributed by atoms with van der Waals surface area (Å²) in [5, 5.41) is 4.05. The van der Waals surface area contributed by atoms with Gasteiger partial charge in [-0.25, -0.2) is 4.39 Å². The van der Waals surface area contributed by atoms with Gasteiger partial charge in [-0.2, -0.15) is 0 Å². The molecule has 1 N–H and O–H groups in total. The highest BCUT2D eigenvalue weighted by atomic mass is 35.5. The van der Waals surface area contributed by atoms with E-state index in [1.54, 1.807) is 13.2 Å². The number of morpholine rings is 1. The van der Waals surface area contributed by atoms with Crippen molar-refractivity contribution in [2.45, 2.75) is 13.0 Å². The van der Waals surface area contributed by atoms with Crippen LogP contribution in [0, 0.1) is 5.82 Å². The van der Waals surface area contributed by atoms with Gasteiger partial charge in [-0.15, -0.1) is 11.3 Å². The number of nitrogens with zero attached hydrogens (tertiary/aromatic N) is 1. The first kappa shape index (κ1) is 23.8. The number of amides is 1. The predicted molar refractivity (Wildman–Crippen MR) is 128 cm³/mol. The molecule has 4 rings (SSSR count). The molecular weight excluding hydrogens is 467 g/mol. The van der Waals surface area contributed by atoms with Gasteiger partial charge in [0.2, 0.25) is 0 Å². The van der Waals surface area contributed by atoms with Gasteiger partial charge in [0, 0.05) is 29.7 Å². The minimum Gasteiger partial charge on any atom is -0.493 e. The first-order valence-electron chi connectivity index (χ1n) is 10.8. The number of carbonyl (C=O) groups excluding carboxylic acids is 1. The van der Waals surface area contributed by atoms with E-state index in [1.807, 2.05) is 25.1 Å². The van der Waals surface area contributed by atoms with E-state index in [0.29, 0.717) is 57.9 Å². The summed E-state index contributed by atoms with van der Waals surface area (Å²) in [6.07, 6.45) is 0. The molecule has 6 nitrogen and oxygen atoms in total. The maximum Gasteiger partial charge on any atom is 0.262 e. The molecule has 0 saturated carbocycles. The number of hydrogen-bond donors (Lipinski definition) is 1. The molecule has 33 heavy (non-hydrogen) atoms. The lowest BCUT2D eigenvalue weighted by Gasteiger charge is -2.35. The Balaban J connectivity index is 1.57. The van der Waals surface area contributed by atoms with E-state index < -0.39 is 0 Å². The van der Waals surface area contributed by atoms with Crippen LogP contribution in [0.4, 0.5) is 4.39 Å². The number of fused-ring (bicyclic) bond motifs is 1. The van der Waals surface area contributed by atoms with Crippen molar-refractivity contribution in [2.24, 2.45) is 0 Å². The quantitative estimate of drug-likeness (QED) is 0.484. The summed E-state index contributed by atoms with van der Waals surface area (Å²) in [5.74, 6) is 0.688. The Kier molecular flexibility index (Phi) is 7.70. The molecule has 1 amide bonds. The van der Waals surface area contributed by atoms with Gasteiger partial charge in [0.25, 0.3) is 5.91 Å². The van der Waals surface area contributed by atoms with Crippen LogP contribution in [0.15, 0.2) is 36.4 Å². The lowest BCUT2D eigenvalue weighted by Crippen LogP contribution is -2.43. The molecule has 0 radical (unpaired) electrons. The third-order valence-corrected chi connectivity index (χ3v) is 7.27. The van der Waals surface area contributed by atoms with Crippen LogP contribution < -0.4 is 14.8 Å². The summed E-state index contributed by atoms with van der Waals surface area (Å²) in [6, 6.07) is 10.1. The highest BCUT2D eigenvalue weighted by molar-refractivity contribution is 7.21. The molecule has 0 aliphatic carbocycles. The topological polar surface area (TPSA) is 60.0 Å². The molecule has 1 atom stereocenters. The second-order valence-electron chi connectivity index (χ2n) is 7.60. The van der Waals surface area contributed by atoms with Crippen LogP contribution in [-0.4, -0.2) is 57.4 Å². The molecule has 2 heterocycles. The van der Waals surface area contributed by atoms with Crippen molar-refractivity contribution >= 4 is 38.9 Å². The zero-order chi connectivity index (χ0) is 23.4. The molecule has 0 spiro atoms. The van der Waals surface area contributed by atoms with Crippen molar-refractivity contribution in [1.29, 1.82) is 0 Å². The smallest absolute Gasteiger partial charge is 0.262 e. The van der Waals surface area contributed by atoms with Gasteiger partial charge in [-0.3, -0.25) is 9.69 Å². The third-order valence-electron chi connectivity index (χ3n) is 5.61. The standard InChI is InChI=1S/C24H26ClFN2O4S/c1-3-32-19-7-4-15(12-20(19)30-2)18(28-8-10-31-11-9-28)14-27-24(29)23-22(25)17-6-5-16(26)13-21(17)33-23/h4-7,12-13,18H,3,8-11,14H2,1-2H3,(H,27,29). The summed E-state index contributed by atoms with van der Waals surface area (Å²) < 4.78 is 30.9. The van der Waals surface area contributed by atoms with Crippen LogP contribution in [-0.2, 0) is 4.74 Å². The Hall–Kier alpha value is -2.39. The van der Waals surface area contributed by atoms with Gasteiger partial charge >= 0.3 is 0 Å². The number of carbonyl (C=O) groups is 1. The lowest BCUT2D eigenvalue weighted by atomic mass is 10.0. The van der Waals surface area contributed by atoms with E-state index in [2.05, 4.69) is 10.2 Å². The third kappa shape index (κ3) is 5.24. The fourth-order valence-corrected chi connectivity index (χ4v) is 5.43. The highest BCUT2D eigenvalue weighted by Crippen LogP contribution is 2.36. The van der Waals surface area contributed by atoms with E-state index in [-0.39, 0.29) is 17.8 Å². The summed E-state index contributed by atoms with van der Waals surface area (Å²) in [7, 11) is 1.61. The molecule has 1 fully saturated rings. The van der Waals surface area contributed by atoms with Crippen molar-refractivity contribution in [3.05, 3.63) is 57.7 Å². The molecule has 3 aromatic rings. The number of rotatable bonds is 8. The first-order chi connectivity index (χ1) is 16.0. The average molecular weight is 493 g/mol. The van der Waals surface area contributed by atoms with Crippen LogP contribution in [0.2, 0.25) is 5.02 Å². The van der Waals surface area contributed by atoms with Crippen LogP contribution in [0.1, 0.15) is 28.2 Å². The van der Waals surface area contributed by atoms with Gasteiger partial charge < -0.3 is 19.5 Å². The van der Waals surface area contributed by atoms with Crippen molar-refractivity contribution in [2.75, 3.05) is 46.6 Å². The summed E-state index contributed by atoms with van der Waals surface area (Å²) >= 11 is 7.63. The molecule has 1 saturated heterocycles. The molecule has 1 aliphatic heterocycles. The zero-order valence-corrected chi connectivity index (χ0v) is 20.1. The number of ether oxygens (including phenoxy) is 3. The van der Waals surface area contributed by atoms with Crippen molar-refractivity contribution in [1.82, 2.24) is 10.2 Å². The van der Waals surface area contributed by atoms with Crippen molar-refractivity contribution < 1.29 is 23.4 Å². The maximum absolute atomic E-state index is 13.6. The number of thiophene rings is 1. The fourth-order valence-electron chi connectivity index (χ4n) is 3.97. The van der Waals surface area contributed by atoms with Crippen LogP contribution in [0.3, 0.4) is 0 Å². The highest BCUT2D eigenvalue weighted by Gasteiger charge is 2.26. The number of nitrogens with one attached hydrogen (secondary N) is 1. The minimum absolute atomic E-state index is 0.0898. The van der Waals surface area contributed by atoms with Gasteiger partial charge in [0.05, 0.1) is 38.0 Å². The zero-order valence-electron chi connectivity index (χ0n) is 18.5. The van der Waals surface area contributed by atoms with Crippen molar-refractivity contribution in [3.8, 4) is 11.5 Å². The largest absolute Gasteiger partial charge is 0.493 e. The summed E-state index contributed by atoms with van der Waals surface area (Å²) in [4.78, 5) is 15.7. The molecule has 1 unspecified atom stereocenters. The fraction of sp³-hybridized carbons (Fsp3) is 0.375.